The van der Waals surface area contributed by atoms with Gasteiger partial charge in [0.05, 0.1) is 11.8 Å². The predicted molar refractivity (Wildman–Crippen MR) is 84.2 cm³/mol. The van der Waals surface area contributed by atoms with Crippen molar-refractivity contribution in [2.75, 3.05) is 11.9 Å². The minimum atomic E-state index is -0.597. The highest BCUT2D eigenvalue weighted by Crippen LogP contribution is 2.22. The van der Waals surface area contributed by atoms with E-state index in [0.717, 1.165) is 16.5 Å². The molecule has 2 rings (SSSR count). The molecule has 0 spiro atoms. The fourth-order valence-electron chi connectivity index (χ4n) is 1.89. The van der Waals surface area contributed by atoms with Gasteiger partial charge in [0.2, 0.25) is 0 Å². The van der Waals surface area contributed by atoms with Gasteiger partial charge in [0.15, 0.2) is 0 Å². The monoisotopic (exact) mass is 287 g/mol. The van der Waals surface area contributed by atoms with Crippen LogP contribution >= 0.6 is 0 Å². The van der Waals surface area contributed by atoms with Crippen LogP contribution in [0.4, 0.5) is 10.5 Å². The average Bonchev–Trinajstić information content (AvgIpc) is 2.44. The number of hydrogen-bond donors (Lipinski definition) is 3. The van der Waals surface area contributed by atoms with Gasteiger partial charge in [-0.1, -0.05) is 32.9 Å². The van der Waals surface area contributed by atoms with Crippen LogP contribution in [0.2, 0.25) is 0 Å². The summed E-state index contributed by atoms with van der Waals surface area (Å²) < 4.78 is 0. The van der Waals surface area contributed by atoms with E-state index < -0.39 is 6.10 Å². The highest BCUT2D eigenvalue weighted by Gasteiger charge is 2.22. The lowest BCUT2D eigenvalue weighted by atomic mass is 9.89. The predicted octanol–water partition coefficient (Wildman–Crippen LogP) is 2.76. The van der Waals surface area contributed by atoms with Gasteiger partial charge in [-0.3, -0.25) is 4.98 Å². The van der Waals surface area contributed by atoms with E-state index in [0.29, 0.717) is 0 Å². The lowest BCUT2D eigenvalue weighted by Crippen LogP contribution is -2.40. The summed E-state index contributed by atoms with van der Waals surface area (Å²) in [5, 5.41) is 17.3. The Morgan fingerprint density at radius 3 is 2.81 bits per heavy atom. The summed E-state index contributed by atoms with van der Waals surface area (Å²) in [6.07, 6.45) is 2.84. The third kappa shape index (κ3) is 3.92. The fraction of sp³-hybridized carbons (Fsp3) is 0.375. The van der Waals surface area contributed by atoms with Crippen LogP contribution < -0.4 is 10.6 Å². The number of rotatable bonds is 3. The SMILES string of the molecule is CC(C)(C)[C@@H](O)CNC(=O)Nc1cccc2cnccc12. The maximum atomic E-state index is 11.9. The number of nitrogens with zero attached hydrogens (tertiary/aromatic N) is 1. The zero-order valence-corrected chi connectivity index (χ0v) is 12.6. The van der Waals surface area contributed by atoms with Crippen LogP contribution in [0.15, 0.2) is 36.7 Å². The van der Waals surface area contributed by atoms with Crippen LogP contribution in [0.25, 0.3) is 10.8 Å². The Balaban J connectivity index is 2.02. The molecule has 0 saturated heterocycles. The van der Waals surface area contributed by atoms with E-state index in [1.807, 2.05) is 45.0 Å². The molecular weight excluding hydrogens is 266 g/mol. The Labute approximate surface area is 124 Å². The molecule has 112 valence electrons. The van der Waals surface area contributed by atoms with Crippen LogP contribution in [0.1, 0.15) is 20.8 Å². The quantitative estimate of drug-likeness (QED) is 0.812. The number of amides is 2. The van der Waals surface area contributed by atoms with Crippen LogP contribution in [0, 0.1) is 5.41 Å². The van der Waals surface area contributed by atoms with E-state index in [9.17, 15) is 9.90 Å². The smallest absolute Gasteiger partial charge is 0.319 e. The molecule has 0 aliphatic carbocycles. The molecular formula is C16H21N3O2. The number of hydrogen-bond acceptors (Lipinski definition) is 3. The molecule has 0 aliphatic rings. The zero-order valence-electron chi connectivity index (χ0n) is 12.6. The van der Waals surface area contributed by atoms with Gasteiger partial charge in [-0.25, -0.2) is 4.79 Å². The molecule has 1 aromatic carbocycles. The van der Waals surface area contributed by atoms with Gasteiger partial charge >= 0.3 is 6.03 Å². The van der Waals surface area contributed by atoms with Crippen molar-refractivity contribution in [3.05, 3.63) is 36.7 Å². The second kappa shape index (κ2) is 6.10. The van der Waals surface area contributed by atoms with Crippen molar-refractivity contribution in [3.63, 3.8) is 0 Å². The van der Waals surface area contributed by atoms with Crippen molar-refractivity contribution in [2.24, 2.45) is 5.41 Å². The van der Waals surface area contributed by atoms with Crippen molar-refractivity contribution < 1.29 is 9.90 Å². The molecule has 0 aliphatic heterocycles. The molecule has 21 heavy (non-hydrogen) atoms. The maximum absolute atomic E-state index is 11.9. The molecule has 2 aromatic rings. The number of anilines is 1. The summed E-state index contributed by atoms with van der Waals surface area (Å²) >= 11 is 0. The van der Waals surface area contributed by atoms with Crippen molar-refractivity contribution in [1.29, 1.82) is 0 Å². The molecule has 0 unspecified atom stereocenters. The Bertz CT molecular complexity index is 629. The van der Waals surface area contributed by atoms with Crippen LogP contribution in [-0.4, -0.2) is 28.8 Å². The van der Waals surface area contributed by atoms with Crippen molar-refractivity contribution >= 4 is 22.5 Å². The first-order chi connectivity index (χ1) is 9.88. The minimum Gasteiger partial charge on any atom is -0.391 e. The van der Waals surface area contributed by atoms with Gasteiger partial charge in [-0.15, -0.1) is 0 Å². The van der Waals surface area contributed by atoms with Gasteiger partial charge in [0, 0.05) is 29.7 Å². The molecule has 0 radical (unpaired) electrons. The van der Waals surface area contributed by atoms with Crippen LogP contribution in [-0.2, 0) is 0 Å². The van der Waals surface area contributed by atoms with Gasteiger partial charge in [0.25, 0.3) is 0 Å². The van der Waals surface area contributed by atoms with E-state index in [2.05, 4.69) is 15.6 Å². The van der Waals surface area contributed by atoms with Gasteiger partial charge in [-0.05, 0) is 17.5 Å². The number of carbonyl (C=O) groups excluding carboxylic acids is 1. The van der Waals surface area contributed by atoms with Crippen molar-refractivity contribution in [1.82, 2.24) is 10.3 Å². The highest BCUT2D eigenvalue weighted by molar-refractivity contribution is 6.01. The lowest BCUT2D eigenvalue weighted by Gasteiger charge is -2.25. The molecule has 5 nitrogen and oxygen atoms in total. The molecule has 3 N–H and O–H groups in total. The van der Waals surface area contributed by atoms with Gasteiger partial charge in [-0.2, -0.15) is 0 Å². The van der Waals surface area contributed by atoms with E-state index in [-0.39, 0.29) is 18.0 Å². The number of benzene rings is 1. The number of aromatic nitrogens is 1. The molecule has 5 heteroatoms. The van der Waals surface area contributed by atoms with Crippen molar-refractivity contribution in [3.8, 4) is 0 Å². The van der Waals surface area contributed by atoms with E-state index in [1.54, 1.807) is 12.4 Å². The van der Waals surface area contributed by atoms with Gasteiger partial charge in [0.1, 0.15) is 0 Å². The Morgan fingerprint density at radius 1 is 1.33 bits per heavy atom. The van der Waals surface area contributed by atoms with Gasteiger partial charge < -0.3 is 15.7 Å². The number of aliphatic hydroxyl groups excluding tert-OH is 1. The molecule has 0 saturated carbocycles. The number of urea groups is 1. The third-order valence-electron chi connectivity index (χ3n) is 3.38. The summed E-state index contributed by atoms with van der Waals surface area (Å²) in [5.41, 5.74) is 0.455. The highest BCUT2D eigenvalue weighted by atomic mass is 16.3. The van der Waals surface area contributed by atoms with E-state index >= 15 is 0 Å². The van der Waals surface area contributed by atoms with Crippen molar-refractivity contribution in [2.45, 2.75) is 26.9 Å². The summed E-state index contributed by atoms with van der Waals surface area (Å²) in [4.78, 5) is 16.0. The number of carbonyl (C=O) groups is 1. The summed E-state index contributed by atoms with van der Waals surface area (Å²) in [5.74, 6) is 0. The maximum Gasteiger partial charge on any atom is 0.319 e. The minimum absolute atomic E-state index is 0.210. The average molecular weight is 287 g/mol. The molecule has 1 aromatic heterocycles. The first kappa shape index (κ1) is 15.3. The van der Waals surface area contributed by atoms with Crippen LogP contribution in [0.5, 0.6) is 0 Å². The Kier molecular flexibility index (Phi) is 4.43. The molecule has 2 amide bonds. The largest absolute Gasteiger partial charge is 0.391 e. The summed E-state index contributed by atoms with van der Waals surface area (Å²) in [6, 6.07) is 7.16. The molecule has 0 fully saturated rings. The second-order valence-electron chi connectivity index (χ2n) is 6.12. The Hall–Kier alpha value is -2.14. The molecule has 0 bridgehead atoms. The topological polar surface area (TPSA) is 74.2 Å². The number of aliphatic hydroxyl groups is 1. The number of fused-ring (bicyclic) bond motifs is 1. The first-order valence-corrected chi connectivity index (χ1v) is 6.93. The number of pyridine rings is 1. The summed E-state index contributed by atoms with van der Waals surface area (Å²) in [7, 11) is 0. The summed E-state index contributed by atoms with van der Waals surface area (Å²) in [6.45, 7) is 5.99. The second-order valence-corrected chi connectivity index (χ2v) is 6.12. The number of nitrogens with one attached hydrogen (secondary N) is 2. The Morgan fingerprint density at radius 2 is 2.10 bits per heavy atom. The molecule has 1 heterocycles. The normalized spacial score (nSPS) is 13.0. The van der Waals surface area contributed by atoms with E-state index in [1.165, 1.54) is 0 Å². The molecule has 1 atom stereocenters. The van der Waals surface area contributed by atoms with Crippen LogP contribution in [0.3, 0.4) is 0 Å². The first-order valence-electron chi connectivity index (χ1n) is 6.93. The zero-order chi connectivity index (χ0) is 15.5. The fourth-order valence-corrected chi connectivity index (χ4v) is 1.89. The standard InChI is InChI=1S/C16H21N3O2/c1-16(2,3)14(20)10-18-15(21)19-13-6-4-5-11-9-17-8-7-12(11)13/h4-9,14,20H,10H2,1-3H3,(H2,18,19,21)/t14-/m0/s1. The third-order valence-corrected chi connectivity index (χ3v) is 3.38. The lowest BCUT2D eigenvalue weighted by molar-refractivity contribution is 0.0654. The van der Waals surface area contributed by atoms with E-state index in [4.69, 9.17) is 0 Å².